The van der Waals surface area contributed by atoms with Gasteiger partial charge >= 0.3 is 6.18 Å². The summed E-state index contributed by atoms with van der Waals surface area (Å²) in [7, 11) is 0. The summed E-state index contributed by atoms with van der Waals surface area (Å²) in [5.41, 5.74) is -1.67. The van der Waals surface area contributed by atoms with Gasteiger partial charge < -0.3 is 5.32 Å². The summed E-state index contributed by atoms with van der Waals surface area (Å²) in [4.78, 5) is 11.6. The predicted molar refractivity (Wildman–Crippen MR) is 63.7 cm³/mol. The zero-order chi connectivity index (χ0) is 14.5. The molecule has 0 saturated carbocycles. The van der Waals surface area contributed by atoms with Crippen LogP contribution >= 0.6 is 11.6 Å². The second-order valence-corrected chi connectivity index (χ2v) is 4.22. The van der Waals surface area contributed by atoms with Gasteiger partial charge in [-0.2, -0.15) is 13.2 Å². The maximum absolute atomic E-state index is 13.0. The van der Waals surface area contributed by atoms with Gasteiger partial charge in [0.1, 0.15) is 5.82 Å². The number of carbonyl (C=O) groups is 1. The van der Waals surface area contributed by atoms with E-state index in [1.807, 2.05) is 0 Å². The van der Waals surface area contributed by atoms with Gasteiger partial charge in [-0.25, -0.2) is 4.39 Å². The van der Waals surface area contributed by atoms with Gasteiger partial charge in [-0.1, -0.05) is 0 Å². The van der Waals surface area contributed by atoms with Crippen molar-refractivity contribution in [3.63, 3.8) is 0 Å². The Morgan fingerprint density at radius 3 is 2.53 bits per heavy atom. The molecular formula is C12H12ClF4NO. The maximum atomic E-state index is 13.0. The quantitative estimate of drug-likeness (QED) is 0.502. The standard InChI is InChI=1S/C12H12ClF4NO/c13-5-1-2-6-18-11(19)8-3-4-10(14)9(7-8)12(15,16)17/h3-4,7H,1-2,5-6H2,(H,18,19). The normalized spacial score (nSPS) is 11.4. The van der Waals surface area contributed by atoms with Gasteiger partial charge in [-0.15, -0.1) is 11.6 Å². The Balaban J connectivity index is 2.76. The lowest BCUT2D eigenvalue weighted by Gasteiger charge is -2.10. The molecule has 1 aromatic rings. The van der Waals surface area contributed by atoms with Gasteiger partial charge in [-0.05, 0) is 31.0 Å². The smallest absolute Gasteiger partial charge is 0.352 e. The summed E-state index contributed by atoms with van der Waals surface area (Å²) < 4.78 is 50.4. The fourth-order valence-corrected chi connectivity index (χ4v) is 1.60. The van der Waals surface area contributed by atoms with Crippen LogP contribution in [-0.2, 0) is 6.18 Å². The van der Waals surface area contributed by atoms with Crippen LogP contribution in [0.2, 0.25) is 0 Å². The molecule has 0 spiro atoms. The second kappa shape index (κ2) is 6.75. The van der Waals surface area contributed by atoms with Gasteiger partial charge in [0, 0.05) is 18.0 Å². The summed E-state index contributed by atoms with van der Waals surface area (Å²) in [5.74, 6) is -1.61. The highest BCUT2D eigenvalue weighted by Gasteiger charge is 2.34. The average Bonchev–Trinajstić information content (AvgIpc) is 2.33. The molecule has 19 heavy (non-hydrogen) atoms. The topological polar surface area (TPSA) is 29.1 Å². The number of benzene rings is 1. The third kappa shape index (κ3) is 4.70. The number of carbonyl (C=O) groups excluding carboxylic acids is 1. The summed E-state index contributed by atoms with van der Waals surface area (Å²) in [5, 5.41) is 2.44. The molecule has 0 aliphatic carbocycles. The van der Waals surface area contributed by atoms with E-state index >= 15 is 0 Å². The SMILES string of the molecule is O=C(NCCCCCl)c1ccc(F)c(C(F)(F)F)c1. The highest BCUT2D eigenvalue weighted by atomic mass is 35.5. The first-order valence-electron chi connectivity index (χ1n) is 5.57. The number of amides is 1. The minimum absolute atomic E-state index is 0.223. The fraction of sp³-hybridized carbons (Fsp3) is 0.417. The summed E-state index contributed by atoms with van der Waals surface area (Å²) in [6.07, 6.45) is -3.50. The molecule has 1 rings (SSSR count). The van der Waals surface area contributed by atoms with Crippen LogP contribution in [0.1, 0.15) is 28.8 Å². The largest absolute Gasteiger partial charge is 0.419 e. The van der Waals surface area contributed by atoms with E-state index < -0.39 is 23.5 Å². The molecule has 1 N–H and O–H groups in total. The number of nitrogens with one attached hydrogen (secondary N) is 1. The molecule has 0 aliphatic rings. The fourth-order valence-electron chi connectivity index (χ4n) is 1.41. The molecule has 7 heteroatoms. The first-order chi connectivity index (χ1) is 8.86. The van der Waals surface area contributed by atoms with Crippen LogP contribution in [0, 0.1) is 5.82 Å². The Morgan fingerprint density at radius 2 is 1.95 bits per heavy atom. The van der Waals surface area contributed by atoms with Crippen molar-refractivity contribution >= 4 is 17.5 Å². The molecule has 0 aromatic heterocycles. The molecule has 0 unspecified atom stereocenters. The summed E-state index contributed by atoms with van der Waals surface area (Å²) >= 11 is 5.44. The third-order valence-electron chi connectivity index (χ3n) is 2.38. The first-order valence-corrected chi connectivity index (χ1v) is 6.10. The first kappa shape index (κ1) is 15.8. The molecular weight excluding hydrogens is 286 g/mol. The predicted octanol–water partition coefficient (Wildman–Crippen LogP) is 3.59. The molecule has 2 nitrogen and oxygen atoms in total. The van der Waals surface area contributed by atoms with Crippen LogP contribution in [0.15, 0.2) is 18.2 Å². The second-order valence-electron chi connectivity index (χ2n) is 3.84. The zero-order valence-electron chi connectivity index (χ0n) is 9.86. The van der Waals surface area contributed by atoms with Crippen molar-refractivity contribution in [2.24, 2.45) is 0 Å². The van der Waals surface area contributed by atoms with Crippen molar-refractivity contribution in [2.45, 2.75) is 19.0 Å². The van der Waals surface area contributed by atoms with Gasteiger partial charge in [0.2, 0.25) is 0 Å². The number of hydrogen-bond acceptors (Lipinski definition) is 1. The number of rotatable bonds is 5. The Kier molecular flexibility index (Phi) is 5.60. The van der Waals surface area contributed by atoms with Crippen LogP contribution in [-0.4, -0.2) is 18.3 Å². The van der Waals surface area contributed by atoms with Crippen molar-refractivity contribution in [1.82, 2.24) is 5.32 Å². The van der Waals surface area contributed by atoms with E-state index in [1.54, 1.807) is 0 Å². The molecule has 0 fully saturated rings. The monoisotopic (exact) mass is 297 g/mol. The molecule has 0 radical (unpaired) electrons. The van der Waals surface area contributed by atoms with E-state index in [2.05, 4.69) is 5.32 Å². The molecule has 0 aliphatic heterocycles. The van der Waals surface area contributed by atoms with Crippen LogP contribution in [0.25, 0.3) is 0 Å². The van der Waals surface area contributed by atoms with Crippen LogP contribution in [0.3, 0.4) is 0 Å². The van der Waals surface area contributed by atoms with Crippen LogP contribution in [0.4, 0.5) is 17.6 Å². The molecule has 0 atom stereocenters. The van der Waals surface area contributed by atoms with Crippen molar-refractivity contribution in [3.8, 4) is 0 Å². The molecule has 106 valence electrons. The van der Waals surface area contributed by atoms with Crippen molar-refractivity contribution in [1.29, 1.82) is 0 Å². The van der Waals surface area contributed by atoms with Gasteiger partial charge in [0.15, 0.2) is 0 Å². The Bertz CT molecular complexity index is 448. The molecule has 0 saturated heterocycles. The highest BCUT2D eigenvalue weighted by Crippen LogP contribution is 2.31. The molecule has 1 amide bonds. The Morgan fingerprint density at radius 1 is 1.26 bits per heavy atom. The molecule has 1 aromatic carbocycles. The average molecular weight is 298 g/mol. The molecule has 0 bridgehead atoms. The lowest BCUT2D eigenvalue weighted by molar-refractivity contribution is -0.140. The van der Waals surface area contributed by atoms with E-state index in [4.69, 9.17) is 11.6 Å². The van der Waals surface area contributed by atoms with E-state index in [-0.39, 0.29) is 5.56 Å². The number of hydrogen-bond donors (Lipinski definition) is 1. The maximum Gasteiger partial charge on any atom is 0.419 e. The van der Waals surface area contributed by atoms with Crippen molar-refractivity contribution in [3.05, 3.63) is 35.1 Å². The minimum Gasteiger partial charge on any atom is -0.352 e. The van der Waals surface area contributed by atoms with Crippen molar-refractivity contribution < 1.29 is 22.4 Å². The number of halogens is 5. The lowest BCUT2D eigenvalue weighted by Crippen LogP contribution is -2.25. The van der Waals surface area contributed by atoms with Gasteiger partial charge in [0.05, 0.1) is 5.56 Å². The van der Waals surface area contributed by atoms with Crippen LogP contribution in [0.5, 0.6) is 0 Å². The van der Waals surface area contributed by atoms with Gasteiger partial charge in [0.25, 0.3) is 5.91 Å². The highest BCUT2D eigenvalue weighted by molar-refractivity contribution is 6.17. The summed E-state index contributed by atoms with van der Waals surface area (Å²) in [6, 6.07) is 2.16. The summed E-state index contributed by atoms with van der Waals surface area (Å²) in [6.45, 7) is 0.310. The van der Waals surface area contributed by atoms with Gasteiger partial charge in [-0.3, -0.25) is 4.79 Å². The number of alkyl halides is 4. The minimum atomic E-state index is -4.82. The van der Waals surface area contributed by atoms with Crippen molar-refractivity contribution in [2.75, 3.05) is 12.4 Å². The Hall–Kier alpha value is -1.30. The third-order valence-corrected chi connectivity index (χ3v) is 2.65. The molecule has 0 heterocycles. The van der Waals surface area contributed by atoms with E-state index in [1.165, 1.54) is 0 Å². The Labute approximate surface area is 112 Å². The zero-order valence-corrected chi connectivity index (χ0v) is 10.6. The van der Waals surface area contributed by atoms with E-state index in [0.29, 0.717) is 37.4 Å². The van der Waals surface area contributed by atoms with E-state index in [9.17, 15) is 22.4 Å². The van der Waals surface area contributed by atoms with Crippen LogP contribution < -0.4 is 5.32 Å². The lowest BCUT2D eigenvalue weighted by atomic mass is 10.1. The number of unbranched alkanes of at least 4 members (excludes halogenated alkanes) is 1. The van der Waals surface area contributed by atoms with E-state index in [0.717, 1.165) is 6.07 Å².